The lowest BCUT2D eigenvalue weighted by atomic mass is 10.1. The van der Waals surface area contributed by atoms with Crippen molar-refractivity contribution < 1.29 is 23.1 Å². The van der Waals surface area contributed by atoms with Crippen LogP contribution in [0.2, 0.25) is 5.15 Å². The quantitative estimate of drug-likeness (QED) is 0.826. The number of hydrogen-bond acceptors (Lipinski definition) is 4. The van der Waals surface area contributed by atoms with E-state index < -0.39 is 34.8 Å². The van der Waals surface area contributed by atoms with Gasteiger partial charge in [-0.15, -0.1) is 0 Å². The number of ether oxygens (including phenoxy) is 1. The lowest BCUT2D eigenvalue weighted by molar-refractivity contribution is 0.0963. The van der Waals surface area contributed by atoms with Crippen molar-refractivity contribution in [2.75, 3.05) is 19.5 Å². The fraction of sp³-hybridized carbons (Fsp3) is 0.133. The van der Waals surface area contributed by atoms with E-state index in [0.29, 0.717) is 0 Å². The van der Waals surface area contributed by atoms with Crippen LogP contribution in [0.4, 0.5) is 14.5 Å². The Balaban J connectivity index is 2.47. The van der Waals surface area contributed by atoms with Crippen LogP contribution in [0.5, 0.6) is 5.75 Å². The Morgan fingerprint density at radius 1 is 1.21 bits per heavy atom. The number of carbonyl (C=O) groups excluding carboxylic acids is 2. The second-order valence-electron chi connectivity index (χ2n) is 4.52. The van der Waals surface area contributed by atoms with Crippen molar-refractivity contribution in [2.24, 2.45) is 0 Å². The van der Waals surface area contributed by atoms with Crippen molar-refractivity contribution in [2.45, 2.75) is 0 Å². The monoisotopic (exact) mass is 355 g/mol. The van der Waals surface area contributed by atoms with E-state index >= 15 is 0 Å². The highest BCUT2D eigenvalue weighted by molar-refractivity contribution is 6.30. The van der Waals surface area contributed by atoms with Gasteiger partial charge < -0.3 is 15.4 Å². The lowest BCUT2D eigenvalue weighted by Crippen LogP contribution is -2.22. The Hall–Kier alpha value is -2.74. The summed E-state index contributed by atoms with van der Waals surface area (Å²) in [6.07, 6.45) is 1.15. The van der Waals surface area contributed by atoms with E-state index in [4.69, 9.17) is 16.3 Å². The third kappa shape index (κ3) is 3.43. The van der Waals surface area contributed by atoms with Gasteiger partial charge in [-0.25, -0.2) is 13.8 Å². The Kier molecular flexibility index (Phi) is 5.30. The van der Waals surface area contributed by atoms with Gasteiger partial charge in [0.1, 0.15) is 16.5 Å². The highest BCUT2D eigenvalue weighted by Gasteiger charge is 2.23. The summed E-state index contributed by atoms with van der Waals surface area (Å²) in [5, 5.41) is 4.68. The number of benzene rings is 1. The molecule has 1 aromatic heterocycles. The summed E-state index contributed by atoms with van der Waals surface area (Å²) in [7, 11) is 2.49. The molecule has 0 bridgehead atoms. The summed E-state index contributed by atoms with van der Waals surface area (Å²) in [4.78, 5) is 27.9. The fourth-order valence-corrected chi connectivity index (χ4v) is 2.14. The molecule has 0 aliphatic carbocycles. The van der Waals surface area contributed by atoms with Crippen LogP contribution in [0.25, 0.3) is 0 Å². The van der Waals surface area contributed by atoms with Crippen molar-refractivity contribution in [1.82, 2.24) is 10.3 Å². The Morgan fingerprint density at radius 3 is 2.50 bits per heavy atom. The molecule has 2 N–H and O–H groups in total. The number of amides is 2. The molecule has 0 saturated carbocycles. The van der Waals surface area contributed by atoms with Gasteiger partial charge in [0.25, 0.3) is 11.8 Å². The van der Waals surface area contributed by atoms with Crippen LogP contribution in [0.15, 0.2) is 24.4 Å². The number of pyridine rings is 1. The first-order chi connectivity index (χ1) is 11.4. The van der Waals surface area contributed by atoms with Crippen LogP contribution >= 0.6 is 11.6 Å². The van der Waals surface area contributed by atoms with Crippen molar-refractivity contribution in [3.63, 3.8) is 0 Å². The molecule has 0 atom stereocenters. The van der Waals surface area contributed by atoms with E-state index in [1.54, 1.807) is 0 Å². The summed E-state index contributed by atoms with van der Waals surface area (Å²) in [6.45, 7) is 0. The van der Waals surface area contributed by atoms with Gasteiger partial charge in [0.2, 0.25) is 0 Å². The average molecular weight is 356 g/mol. The Labute approximate surface area is 140 Å². The predicted octanol–water partition coefficient (Wildman–Crippen LogP) is 2.63. The number of aromatic nitrogens is 1. The molecule has 9 heteroatoms. The zero-order valence-electron chi connectivity index (χ0n) is 12.6. The number of halogens is 3. The van der Waals surface area contributed by atoms with Gasteiger partial charge >= 0.3 is 0 Å². The number of carbonyl (C=O) groups is 2. The molecular formula is C15H12ClF2N3O3. The van der Waals surface area contributed by atoms with E-state index in [9.17, 15) is 18.4 Å². The maximum Gasteiger partial charge on any atom is 0.262 e. The molecule has 0 spiro atoms. The van der Waals surface area contributed by atoms with Gasteiger partial charge in [-0.3, -0.25) is 9.59 Å². The van der Waals surface area contributed by atoms with Crippen molar-refractivity contribution in [3.05, 3.63) is 52.3 Å². The van der Waals surface area contributed by atoms with Gasteiger partial charge in [0.15, 0.2) is 11.6 Å². The molecule has 24 heavy (non-hydrogen) atoms. The molecule has 6 nitrogen and oxygen atoms in total. The molecule has 0 saturated heterocycles. The molecule has 2 amide bonds. The maximum absolute atomic E-state index is 13.9. The highest BCUT2D eigenvalue weighted by atomic mass is 35.5. The van der Waals surface area contributed by atoms with Crippen LogP contribution in [-0.4, -0.2) is 31.0 Å². The SMILES string of the molecule is CNC(=O)c1cnc(Cl)cc1NC(=O)c1c(F)ccc(F)c1OC. The maximum atomic E-state index is 13.9. The van der Waals surface area contributed by atoms with Crippen molar-refractivity contribution in [3.8, 4) is 5.75 Å². The minimum Gasteiger partial charge on any atom is -0.493 e. The third-order valence-corrected chi connectivity index (χ3v) is 3.29. The van der Waals surface area contributed by atoms with Crippen LogP contribution in [0.1, 0.15) is 20.7 Å². The van der Waals surface area contributed by atoms with Crippen LogP contribution in [0, 0.1) is 11.6 Å². The number of rotatable bonds is 4. The van der Waals surface area contributed by atoms with E-state index in [1.807, 2.05) is 0 Å². The van der Waals surface area contributed by atoms with Gasteiger partial charge in [0, 0.05) is 13.2 Å². The zero-order valence-corrected chi connectivity index (χ0v) is 13.4. The number of hydrogen-bond donors (Lipinski definition) is 2. The summed E-state index contributed by atoms with van der Waals surface area (Å²) in [5.41, 5.74) is -0.635. The highest BCUT2D eigenvalue weighted by Crippen LogP contribution is 2.27. The van der Waals surface area contributed by atoms with Gasteiger partial charge in [0.05, 0.1) is 18.4 Å². The van der Waals surface area contributed by atoms with E-state index in [1.165, 1.54) is 13.1 Å². The average Bonchev–Trinajstić information content (AvgIpc) is 2.55. The Bertz CT molecular complexity index is 815. The number of nitrogens with zero attached hydrogens (tertiary/aromatic N) is 1. The minimum atomic E-state index is -1.00. The number of methoxy groups -OCH3 is 1. The third-order valence-electron chi connectivity index (χ3n) is 3.08. The molecule has 1 heterocycles. The van der Waals surface area contributed by atoms with Crippen LogP contribution < -0.4 is 15.4 Å². The molecule has 2 rings (SSSR count). The smallest absolute Gasteiger partial charge is 0.262 e. The first kappa shape index (κ1) is 17.6. The fourth-order valence-electron chi connectivity index (χ4n) is 1.98. The molecule has 0 aliphatic rings. The number of nitrogens with one attached hydrogen (secondary N) is 2. The first-order valence-electron chi connectivity index (χ1n) is 6.60. The zero-order chi connectivity index (χ0) is 17.9. The topological polar surface area (TPSA) is 80.3 Å². The molecule has 0 radical (unpaired) electrons. The van der Waals surface area contributed by atoms with Crippen LogP contribution in [-0.2, 0) is 0 Å². The molecule has 126 valence electrons. The summed E-state index contributed by atoms with van der Waals surface area (Å²) >= 11 is 5.76. The second-order valence-corrected chi connectivity index (χ2v) is 4.91. The van der Waals surface area contributed by atoms with Crippen molar-refractivity contribution >= 4 is 29.1 Å². The Morgan fingerprint density at radius 2 is 1.88 bits per heavy atom. The largest absolute Gasteiger partial charge is 0.493 e. The minimum absolute atomic E-state index is 0.00429. The molecule has 0 fully saturated rings. The lowest BCUT2D eigenvalue weighted by Gasteiger charge is -2.13. The molecule has 1 aromatic carbocycles. The second kappa shape index (κ2) is 7.22. The van der Waals surface area contributed by atoms with Gasteiger partial charge in [-0.1, -0.05) is 11.6 Å². The van der Waals surface area contributed by atoms with Gasteiger partial charge in [-0.2, -0.15) is 0 Å². The van der Waals surface area contributed by atoms with E-state index in [0.717, 1.165) is 25.4 Å². The first-order valence-corrected chi connectivity index (χ1v) is 6.97. The van der Waals surface area contributed by atoms with E-state index in [2.05, 4.69) is 15.6 Å². The normalized spacial score (nSPS) is 10.2. The summed E-state index contributed by atoms with van der Waals surface area (Å²) < 4.78 is 32.4. The van der Waals surface area contributed by atoms with Gasteiger partial charge in [-0.05, 0) is 18.2 Å². The standard InChI is InChI=1S/C15H12ClF2N3O3/c1-19-14(22)7-6-20-11(16)5-10(7)21-15(23)12-8(17)3-4-9(18)13(12)24-2/h3-6H,1-2H3,(H,19,22)(H,20,21,23). The number of anilines is 1. The molecule has 2 aromatic rings. The molecule has 0 aliphatic heterocycles. The van der Waals surface area contributed by atoms with Crippen LogP contribution in [0.3, 0.4) is 0 Å². The van der Waals surface area contributed by atoms with Crippen molar-refractivity contribution in [1.29, 1.82) is 0 Å². The molecular weight excluding hydrogens is 344 g/mol. The summed E-state index contributed by atoms with van der Waals surface area (Å²) in [5.74, 6) is -3.97. The predicted molar refractivity (Wildman–Crippen MR) is 83.5 cm³/mol. The van der Waals surface area contributed by atoms with E-state index in [-0.39, 0.29) is 16.4 Å². The summed E-state index contributed by atoms with van der Waals surface area (Å²) in [6, 6.07) is 2.85. The molecule has 0 unspecified atom stereocenters.